The van der Waals surface area contributed by atoms with E-state index in [0.717, 1.165) is 12.8 Å². The predicted molar refractivity (Wildman–Crippen MR) is 75.2 cm³/mol. The second-order valence-electron chi connectivity index (χ2n) is 5.31. The van der Waals surface area contributed by atoms with Gasteiger partial charge in [0.1, 0.15) is 0 Å². The monoisotopic (exact) mass is 297 g/mol. The third kappa shape index (κ3) is 3.45. The van der Waals surface area contributed by atoms with E-state index in [2.05, 4.69) is 4.72 Å². The van der Waals surface area contributed by atoms with Crippen molar-refractivity contribution < 1.29 is 17.9 Å². The lowest BCUT2D eigenvalue weighted by Gasteiger charge is -2.23. The Bertz CT molecular complexity index is 586. The van der Waals surface area contributed by atoms with Crippen LogP contribution < -0.4 is 4.72 Å². The van der Waals surface area contributed by atoms with Gasteiger partial charge in [-0.15, -0.1) is 0 Å². The van der Waals surface area contributed by atoms with E-state index in [0.29, 0.717) is 12.2 Å². The van der Waals surface area contributed by atoms with Crippen LogP contribution in [-0.4, -0.2) is 33.0 Å². The Hall–Kier alpha value is -1.24. The number of nitrogens with one attached hydrogen (secondary N) is 1. The zero-order valence-electron chi connectivity index (χ0n) is 11.7. The van der Waals surface area contributed by atoms with Gasteiger partial charge < -0.3 is 4.74 Å². The van der Waals surface area contributed by atoms with E-state index in [4.69, 9.17) is 4.74 Å². The molecular formula is C14H19NO4S. The number of ketones is 1. The lowest BCUT2D eigenvalue weighted by molar-refractivity contribution is 0.0250. The lowest BCUT2D eigenvalue weighted by atomic mass is 10.0. The molecule has 0 aliphatic carbocycles. The van der Waals surface area contributed by atoms with Gasteiger partial charge in [0.25, 0.3) is 0 Å². The molecule has 1 aliphatic rings. The summed E-state index contributed by atoms with van der Waals surface area (Å²) in [6.45, 7) is 4.27. The van der Waals surface area contributed by atoms with E-state index in [1.807, 2.05) is 6.92 Å². The highest BCUT2D eigenvalue weighted by Crippen LogP contribution is 2.24. The number of benzene rings is 1. The number of hydrogen-bond acceptors (Lipinski definition) is 4. The molecule has 0 radical (unpaired) electrons. The molecule has 0 saturated carbocycles. The average molecular weight is 297 g/mol. The van der Waals surface area contributed by atoms with Crippen LogP contribution in [0.1, 0.15) is 37.0 Å². The largest absolute Gasteiger partial charge is 0.374 e. The number of rotatable bonds is 5. The van der Waals surface area contributed by atoms with Crippen LogP contribution in [0, 0.1) is 0 Å². The fraction of sp³-hybridized carbons (Fsp3) is 0.500. The molecule has 1 aliphatic heterocycles. The molecule has 0 spiro atoms. The van der Waals surface area contributed by atoms with Crippen molar-refractivity contribution in [3.8, 4) is 0 Å². The maximum Gasteiger partial charge on any atom is 0.240 e. The van der Waals surface area contributed by atoms with Gasteiger partial charge in [-0.25, -0.2) is 13.1 Å². The van der Waals surface area contributed by atoms with Crippen molar-refractivity contribution in [3.05, 3.63) is 29.8 Å². The molecule has 1 fully saturated rings. The summed E-state index contributed by atoms with van der Waals surface area (Å²) >= 11 is 0. The molecule has 1 aromatic carbocycles. The van der Waals surface area contributed by atoms with Gasteiger partial charge in [0.15, 0.2) is 5.78 Å². The molecule has 1 aromatic rings. The number of carbonyl (C=O) groups excluding carboxylic acids is 1. The van der Waals surface area contributed by atoms with Crippen LogP contribution in [0.2, 0.25) is 0 Å². The first-order valence-corrected chi connectivity index (χ1v) is 8.05. The molecule has 5 nitrogen and oxygen atoms in total. The van der Waals surface area contributed by atoms with Crippen LogP contribution >= 0.6 is 0 Å². The van der Waals surface area contributed by atoms with E-state index in [-0.39, 0.29) is 17.2 Å². The van der Waals surface area contributed by atoms with Crippen molar-refractivity contribution in [1.29, 1.82) is 0 Å². The Labute approximate surface area is 119 Å². The Morgan fingerprint density at radius 1 is 1.35 bits per heavy atom. The van der Waals surface area contributed by atoms with E-state index >= 15 is 0 Å². The summed E-state index contributed by atoms with van der Waals surface area (Å²) in [6, 6.07) is 5.92. The van der Waals surface area contributed by atoms with Crippen molar-refractivity contribution in [2.24, 2.45) is 0 Å². The molecule has 2 rings (SSSR count). The highest BCUT2D eigenvalue weighted by atomic mass is 32.2. The first-order chi connectivity index (χ1) is 9.32. The van der Waals surface area contributed by atoms with Gasteiger partial charge in [0.2, 0.25) is 10.0 Å². The van der Waals surface area contributed by atoms with Crippen molar-refractivity contribution in [2.75, 3.05) is 13.2 Å². The Balaban J connectivity index is 2.08. The van der Waals surface area contributed by atoms with E-state index in [9.17, 15) is 13.2 Å². The van der Waals surface area contributed by atoms with E-state index < -0.39 is 15.6 Å². The quantitative estimate of drug-likeness (QED) is 0.840. The zero-order valence-corrected chi connectivity index (χ0v) is 12.5. The van der Waals surface area contributed by atoms with Gasteiger partial charge in [-0.2, -0.15) is 0 Å². The van der Waals surface area contributed by atoms with Crippen LogP contribution in [-0.2, 0) is 14.8 Å². The topological polar surface area (TPSA) is 72.5 Å². The maximum absolute atomic E-state index is 12.2. The molecule has 0 amide bonds. The molecular weight excluding hydrogens is 278 g/mol. The summed E-state index contributed by atoms with van der Waals surface area (Å²) in [4.78, 5) is 11.3. The van der Waals surface area contributed by atoms with Gasteiger partial charge in [-0.1, -0.05) is 12.1 Å². The summed E-state index contributed by atoms with van der Waals surface area (Å²) in [5.41, 5.74) is 0.0712. The lowest BCUT2D eigenvalue weighted by Crippen LogP contribution is -2.40. The normalized spacial score (nSPS) is 22.9. The second-order valence-corrected chi connectivity index (χ2v) is 7.07. The number of carbonyl (C=O) groups is 1. The number of ether oxygens (including phenoxy) is 1. The molecule has 0 bridgehead atoms. The van der Waals surface area contributed by atoms with Crippen molar-refractivity contribution in [3.63, 3.8) is 0 Å². The van der Waals surface area contributed by atoms with Gasteiger partial charge in [0.05, 0.1) is 10.5 Å². The molecule has 20 heavy (non-hydrogen) atoms. The minimum atomic E-state index is -3.57. The first kappa shape index (κ1) is 15.2. The van der Waals surface area contributed by atoms with Gasteiger partial charge in [-0.05, 0) is 38.8 Å². The SMILES string of the molecule is CC(=O)c1ccc(S(=O)(=O)NCC2(C)CCCO2)cc1. The third-order valence-corrected chi connectivity index (χ3v) is 4.92. The highest BCUT2D eigenvalue weighted by Gasteiger charge is 2.31. The summed E-state index contributed by atoms with van der Waals surface area (Å²) in [5.74, 6) is -0.0891. The average Bonchev–Trinajstić information content (AvgIpc) is 2.84. The van der Waals surface area contributed by atoms with Gasteiger partial charge >= 0.3 is 0 Å². The highest BCUT2D eigenvalue weighted by molar-refractivity contribution is 7.89. The molecule has 110 valence electrons. The maximum atomic E-state index is 12.2. The van der Waals surface area contributed by atoms with Crippen LogP contribution in [0.4, 0.5) is 0 Å². The van der Waals surface area contributed by atoms with Crippen LogP contribution in [0.5, 0.6) is 0 Å². The summed E-state index contributed by atoms with van der Waals surface area (Å²) in [5, 5.41) is 0. The fourth-order valence-electron chi connectivity index (χ4n) is 2.18. The van der Waals surface area contributed by atoms with Gasteiger partial charge in [-0.3, -0.25) is 4.79 Å². The predicted octanol–water partition coefficient (Wildman–Crippen LogP) is 1.74. The van der Waals surface area contributed by atoms with Crippen LogP contribution in [0.15, 0.2) is 29.2 Å². The molecule has 6 heteroatoms. The van der Waals surface area contributed by atoms with Crippen LogP contribution in [0.3, 0.4) is 0 Å². The Kier molecular flexibility index (Phi) is 4.27. The van der Waals surface area contributed by atoms with E-state index in [1.54, 1.807) is 0 Å². The molecule has 1 saturated heterocycles. The minimum Gasteiger partial charge on any atom is -0.374 e. The molecule has 1 atom stereocenters. The number of Topliss-reactive ketones (excluding diaryl/α,β-unsaturated/α-hetero) is 1. The zero-order chi connectivity index (χ0) is 14.8. The Morgan fingerprint density at radius 3 is 2.50 bits per heavy atom. The third-order valence-electron chi connectivity index (χ3n) is 3.51. The van der Waals surface area contributed by atoms with Crippen molar-refractivity contribution >= 4 is 15.8 Å². The smallest absolute Gasteiger partial charge is 0.240 e. The van der Waals surface area contributed by atoms with Crippen LogP contribution in [0.25, 0.3) is 0 Å². The fourth-order valence-corrected chi connectivity index (χ4v) is 3.33. The number of sulfonamides is 1. The first-order valence-electron chi connectivity index (χ1n) is 6.57. The summed E-state index contributed by atoms with van der Waals surface area (Å²) < 4.78 is 32.4. The minimum absolute atomic E-state index is 0.0891. The van der Waals surface area contributed by atoms with Gasteiger partial charge in [0, 0.05) is 18.7 Å². The molecule has 1 unspecified atom stereocenters. The van der Waals surface area contributed by atoms with Crippen molar-refractivity contribution in [1.82, 2.24) is 4.72 Å². The standard InChI is InChI=1S/C14H19NO4S/c1-11(16)12-4-6-13(7-5-12)20(17,18)15-10-14(2)8-3-9-19-14/h4-7,15H,3,8-10H2,1-2H3. The summed E-state index contributed by atoms with van der Waals surface area (Å²) in [7, 11) is -3.57. The second kappa shape index (κ2) is 5.63. The molecule has 0 aromatic heterocycles. The molecule has 1 heterocycles. The summed E-state index contributed by atoms with van der Waals surface area (Å²) in [6.07, 6.45) is 1.80. The van der Waals surface area contributed by atoms with Crippen molar-refractivity contribution in [2.45, 2.75) is 37.2 Å². The Morgan fingerprint density at radius 2 is 2.00 bits per heavy atom. The molecule has 1 N–H and O–H groups in total. The number of hydrogen-bond donors (Lipinski definition) is 1. The van der Waals surface area contributed by atoms with E-state index in [1.165, 1.54) is 31.2 Å².